The summed E-state index contributed by atoms with van der Waals surface area (Å²) in [5, 5.41) is 3.91. The number of aromatic nitrogens is 1. The lowest BCUT2D eigenvalue weighted by atomic mass is 9.98. The Morgan fingerprint density at radius 2 is 2.03 bits per heavy atom. The standard InChI is InChI=1S/C22H21N3O3S/c26-20(12-18-21(27)23-15-7-1-3-9-17(15)28-18)25-11-5-6-14(13-25)22-24-16-8-2-4-10-19(16)29-22/h1-4,7-10,14,18H,5-6,11-13H2,(H,23,27)/t14-,18-/m0/s1. The summed E-state index contributed by atoms with van der Waals surface area (Å²) in [6, 6.07) is 15.4. The summed E-state index contributed by atoms with van der Waals surface area (Å²) in [5.74, 6) is 0.537. The Kier molecular flexibility index (Phi) is 4.67. The summed E-state index contributed by atoms with van der Waals surface area (Å²) in [4.78, 5) is 31.9. The number of carbonyl (C=O) groups is 2. The number of amides is 2. The first-order valence-corrected chi connectivity index (χ1v) is 10.7. The number of fused-ring (bicyclic) bond motifs is 2. The van der Waals surface area contributed by atoms with E-state index in [1.165, 1.54) is 4.70 Å². The predicted octanol–water partition coefficient (Wildman–Crippen LogP) is 3.79. The highest BCUT2D eigenvalue weighted by molar-refractivity contribution is 7.18. The Bertz CT molecular complexity index is 1050. The van der Waals surface area contributed by atoms with E-state index in [0.29, 0.717) is 24.5 Å². The lowest BCUT2D eigenvalue weighted by Gasteiger charge is -2.33. The van der Waals surface area contributed by atoms with Gasteiger partial charge in [-0.2, -0.15) is 0 Å². The molecule has 1 aromatic heterocycles. The van der Waals surface area contributed by atoms with Crippen LogP contribution in [0.4, 0.5) is 5.69 Å². The molecule has 0 bridgehead atoms. The first kappa shape index (κ1) is 18.1. The van der Waals surface area contributed by atoms with E-state index in [2.05, 4.69) is 11.4 Å². The van der Waals surface area contributed by atoms with E-state index in [9.17, 15) is 9.59 Å². The first-order valence-electron chi connectivity index (χ1n) is 9.87. The fourth-order valence-corrected chi connectivity index (χ4v) is 5.08. The van der Waals surface area contributed by atoms with Crippen LogP contribution in [0.25, 0.3) is 10.2 Å². The third-order valence-corrected chi connectivity index (χ3v) is 6.70. The van der Waals surface area contributed by atoms with Crippen molar-refractivity contribution in [2.24, 2.45) is 0 Å². The lowest BCUT2D eigenvalue weighted by Crippen LogP contribution is -2.44. The molecule has 2 amide bonds. The van der Waals surface area contributed by atoms with Crippen LogP contribution in [0.15, 0.2) is 48.5 Å². The van der Waals surface area contributed by atoms with Gasteiger partial charge in [0, 0.05) is 19.0 Å². The molecule has 0 aliphatic carbocycles. The van der Waals surface area contributed by atoms with E-state index >= 15 is 0 Å². The molecule has 0 spiro atoms. The zero-order valence-electron chi connectivity index (χ0n) is 15.8. The minimum atomic E-state index is -0.791. The van der Waals surface area contributed by atoms with E-state index in [0.717, 1.165) is 23.4 Å². The van der Waals surface area contributed by atoms with Crippen molar-refractivity contribution in [2.45, 2.75) is 31.3 Å². The van der Waals surface area contributed by atoms with Gasteiger partial charge in [-0.05, 0) is 37.1 Å². The number of hydrogen-bond donors (Lipinski definition) is 1. The highest BCUT2D eigenvalue weighted by Gasteiger charge is 2.33. The molecule has 1 N–H and O–H groups in total. The molecule has 2 aliphatic heterocycles. The van der Waals surface area contributed by atoms with Crippen molar-refractivity contribution < 1.29 is 14.3 Å². The minimum absolute atomic E-state index is 0.0460. The maximum Gasteiger partial charge on any atom is 0.266 e. The van der Waals surface area contributed by atoms with Gasteiger partial charge in [0.2, 0.25) is 5.91 Å². The number of nitrogens with zero attached hydrogens (tertiary/aromatic N) is 2. The molecule has 0 unspecified atom stereocenters. The summed E-state index contributed by atoms with van der Waals surface area (Å²) in [6.07, 6.45) is 1.22. The van der Waals surface area contributed by atoms with Gasteiger partial charge in [0.25, 0.3) is 5.91 Å². The Labute approximate surface area is 172 Å². The van der Waals surface area contributed by atoms with E-state index < -0.39 is 6.10 Å². The molecule has 1 saturated heterocycles. The average Bonchev–Trinajstić information content (AvgIpc) is 3.19. The molecule has 6 nitrogen and oxygen atoms in total. The molecular formula is C22H21N3O3S. The third-order valence-electron chi connectivity index (χ3n) is 5.50. The monoisotopic (exact) mass is 407 g/mol. The number of likely N-dealkylation sites (tertiary alicyclic amines) is 1. The molecule has 2 atom stereocenters. The molecule has 7 heteroatoms. The molecule has 3 aromatic rings. The third kappa shape index (κ3) is 3.58. The van der Waals surface area contributed by atoms with Gasteiger partial charge in [-0.15, -0.1) is 11.3 Å². The van der Waals surface area contributed by atoms with Crippen molar-refractivity contribution in [3.8, 4) is 5.75 Å². The number of thiazole rings is 1. The van der Waals surface area contributed by atoms with Crippen LogP contribution in [0.2, 0.25) is 0 Å². The van der Waals surface area contributed by atoms with Gasteiger partial charge in [0.15, 0.2) is 6.10 Å². The molecule has 0 radical (unpaired) electrons. The molecule has 1 fully saturated rings. The predicted molar refractivity (Wildman–Crippen MR) is 112 cm³/mol. The average molecular weight is 407 g/mol. The number of hydrogen-bond acceptors (Lipinski definition) is 5. The fourth-order valence-electron chi connectivity index (χ4n) is 3.98. The van der Waals surface area contributed by atoms with E-state index in [1.807, 2.05) is 35.2 Å². The van der Waals surface area contributed by atoms with Crippen LogP contribution in [0.5, 0.6) is 5.75 Å². The van der Waals surface area contributed by atoms with E-state index in [4.69, 9.17) is 9.72 Å². The van der Waals surface area contributed by atoms with Crippen LogP contribution < -0.4 is 10.1 Å². The molecule has 2 aromatic carbocycles. The van der Waals surface area contributed by atoms with Crippen LogP contribution in [-0.4, -0.2) is 40.9 Å². The number of ether oxygens (including phenoxy) is 1. The Balaban J connectivity index is 1.27. The Hall–Kier alpha value is -2.93. The SMILES string of the molecule is O=C1Nc2ccccc2O[C@H]1CC(=O)N1CCC[C@H](c2nc3ccccc3s2)C1. The van der Waals surface area contributed by atoms with Gasteiger partial charge in [-0.25, -0.2) is 4.98 Å². The molecule has 2 aliphatic rings. The van der Waals surface area contributed by atoms with Crippen molar-refractivity contribution >= 4 is 39.1 Å². The summed E-state index contributed by atoms with van der Waals surface area (Å²) in [6.45, 7) is 1.36. The van der Waals surface area contributed by atoms with E-state index in [1.54, 1.807) is 23.5 Å². The number of rotatable bonds is 3. The van der Waals surface area contributed by atoms with Crippen LogP contribution in [0.1, 0.15) is 30.2 Å². The number of nitrogens with one attached hydrogen (secondary N) is 1. The van der Waals surface area contributed by atoms with Gasteiger partial charge in [-0.1, -0.05) is 24.3 Å². The summed E-state index contributed by atoms with van der Waals surface area (Å²) < 4.78 is 6.96. The van der Waals surface area contributed by atoms with Gasteiger partial charge in [0.1, 0.15) is 5.75 Å². The zero-order chi connectivity index (χ0) is 19.8. The fraction of sp³-hybridized carbons (Fsp3) is 0.318. The summed E-state index contributed by atoms with van der Waals surface area (Å²) in [5.41, 5.74) is 1.66. The van der Waals surface area contributed by atoms with Crippen LogP contribution >= 0.6 is 11.3 Å². The molecule has 148 valence electrons. The second-order valence-corrected chi connectivity index (χ2v) is 8.56. The molecule has 5 rings (SSSR count). The second kappa shape index (κ2) is 7.48. The first-order chi connectivity index (χ1) is 14.2. The zero-order valence-corrected chi connectivity index (χ0v) is 16.7. The number of benzene rings is 2. The van der Waals surface area contributed by atoms with Crippen LogP contribution in [-0.2, 0) is 9.59 Å². The number of anilines is 1. The Morgan fingerprint density at radius 1 is 1.21 bits per heavy atom. The van der Waals surface area contributed by atoms with Gasteiger partial charge >= 0.3 is 0 Å². The molecule has 29 heavy (non-hydrogen) atoms. The molecular weight excluding hydrogens is 386 g/mol. The number of carbonyl (C=O) groups excluding carboxylic acids is 2. The highest BCUT2D eigenvalue weighted by Crippen LogP contribution is 2.34. The second-order valence-electron chi connectivity index (χ2n) is 7.49. The van der Waals surface area contributed by atoms with Crippen molar-refractivity contribution in [3.05, 3.63) is 53.5 Å². The van der Waals surface area contributed by atoms with Crippen molar-refractivity contribution in [1.29, 1.82) is 0 Å². The lowest BCUT2D eigenvalue weighted by molar-refractivity contribution is -0.138. The highest BCUT2D eigenvalue weighted by atomic mass is 32.1. The maximum atomic E-state index is 12.9. The van der Waals surface area contributed by atoms with Crippen LogP contribution in [0.3, 0.4) is 0 Å². The van der Waals surface area contributed by atoms with Crippen molar-refractivity contribution in [2.75, 3.05) is 18.4 Å². The quantitative estimate of drug-likeness (QED) is 0.717. The van der Waals surface area contributed by atoms with Crippen LogP contribution in [0, 0.1) is 0 Å². The van der Waals surface area contributed by atoms with Gasteiger partial charge in [0.05, 0.1) is 27.3 Å². The van der Waals surface area contributed by atoms with Gasteiger partial charge < -0.3 is 15.0 Å². The summed E-state index contributed by atoms with van der Waals surface area (Å²) in [7, 11) is 0. The topological polar surface area (TPSA) is 71.5 Å². The molecule has 0 saturated carbocycles. The van der Waals surface area contributed by atoms with Crippen molar-refractivity contribution in [3.63, 3.8) is 0 Å². The number of piperidine rings is 1. The van der Waals surface area contributed by atoms with Gasteiger partial charge in [-0.3, -0.25) is 9.59 Å². The Morgan fingerprint density at radius 3 is 2.93 bits per heavy atom. The smallest absolute Gasteiger partial charge is 0.266 e. The van der Waals surface area contributed by atoms with Crippen molar-refractivity contribution in [1.82, 2.24) is 9.88 Å². The molecule has 3 heterocycles. The minimum Gasteiger partial charge on any atom is -0.478 e. The van der Waals surface area contributed by atoms with E-state index in [-0.39, 0.29) is 24.2 Å². The normalized spacial score (nSPS) is 21.4. The summed E-state index contributed by atoms with van der Waals surface area (Å²) >= 11 is 1.71. The maximum absolute atomic E-state index is 12.9. The largest absolute Gasteiger partial charge is 0.478 e. The number of para-hydroxylation sites is 3.